The maximum atomic E-state index is 12.3. The number of carbonyl (C=O) groups excluding carboxylic acids is 1. The van der Waals surface area contributed by atoms with Crippen LogP contribution in [0.3, 0.4) is 0 Å². The molecule has 0 N–H and O–H groups in total. The molecule has 20 heavy (non-hydrogen) atoms. The Hall–Kier alpha value is -0.870. The third kappa shape index (κ3) is 3.07. The molecule has 0 aromatic carbocycles. The summed E-state index contributed by atoms with van der Waals surface area (Å²) < 4.78 is 0. The van der Waals surface area contributed by atoms with Crippen molar-refractivity contribution in [1.82, 2.24) is 9.80 Å². The zero-order chi connectivity index (χ0) is 13.9. The summed E-state index contributed by atoms with van der Waals surface area (Å²) in [5.41, 5.74) is 0. The van der Waals surface area contributed by atoms with E-state index in [0.29, 0.717) is 0 Å². The molecule has 2 fully saturated rings. The molecule has 1 aliphatic carbocycles. The van der Waals surface area contributed by atoms with Crippen molar-refractivity contribution in [2.75, 3.05) is 26.2 Å². The smallest absolute Gasteiger partial charge is 0.264 e. The van der Waals surface area contributed by atoms with Crippen LogP contribution < -0.4 is 0 Å². The second-order valence-corrected chi connectivity index (χ2v) is 7.18. The van der Waals surface area contributed by atoms with E-state index < -0.39 is 0 Å². The molecular formula is C16H24N2OS. The van der Waals surface area contributed by atoms with Crippen LogP contribution in [0.5, 0.6) is 0 Å². The lowest BCUT2D eigenvalue weighted by Gasteiger charge is -2.41. The molecule has 0 radical (unpaired) electrons. The first-order valence-electron chi connectivity index (χ1n) is 7.81. The number of hydrogen-bond acceptors (Lipinski definition) is 3. The fraction of sp³-hybridized carbons (Fsp3) is 0.688. The van der Waals surface area contributed by atoms with Crippen molar-refractivity contribution < 1.29 is 4.79 Å². The number of nitrogens with zero attached hydrogens (tertiary/aromatic N) is 2. The van der Waals surface area contributed by atoms with Crippen molar-refractivity contribution in [2.45, 2.75) is 38.6 Å². The summed E-state index contributed by atoms with van der Waals surface area (Å²) in [4.78, 5) is 17.8. The van der Waals surface area contributed by atoms with Gasteiger partial charge in [0.05, 0.1) is 4.88 Å². The van der Waals surface area contributed by atoms with E-state index in [-0.39, 0.29) is 5.91 Å². The van der Waals surface area contributed by atoms with Crippen LogP contribution in [0.15, 0.2) is 17.5 Å². The third-order valence-corrected chi connectivity index (χ3v) is 5.62. The highest BCUT2D eigenvalue weighted by Gasteiger charge is 2.29. The molecule has 3 rings (SSSR count). The number of amides is 1. The summed E-state index contributed by atoms with van der Waals surface area (Å²) in [6.45, 7) is 6.26. The predicted molar refractivity (Wildman–Crippen MR) is 83.2 cm³/mol. The van der Waals surface area contributed by atoms with Crippen molar-refractivity contribution >= 4 is 17.2 Å². The minimum atomic E-state index is 0.219. The quantitative estimate of drug-likeness (QED) is 0.836. The Bertz CT molecular complexity index is 437. The summed E-state index contributed by atoms with van der Waals surface area (Å²) in [6.07, 6.45) is 5.47. The van der Waals surface area contributed by atoms with Crippen molar-refractivity contribution in [3.05, 3.63) is 22.4 Å². The maximum absolute atomic E-state index is 12.3. The normalized spacial score (nSPS) is 28.6. The van der Waals surface area contributed by atoms with Gasteiger partial charge in [0.2, 0.25) is 0 Å². The van der Waals surface area contributed by atoms with Gasteiger partial charge in [0.15, 0.2) is 0 Å². The van der Waals surface area contributed by atoms with E-state index in [9.17, 15) is 4.79 Å². The highest BCUT2D eigenvalue weighted by molar-refractivity contribution is 7.12. The molecule has 3 nitrogen and oxygen atoms in total. The molecule has 1 saturated heterocycles. The van der Waals surface area contributed by atoms with Crippen LogP contribution in [0.4, 0.5) is 0 Å². The van der Waals surface area contributed by atoms with Crippen LogP contribution in [0, 0.1) is 5.92 Å². The van der Waals surface area contributed by atoms with Gasteiger partial charge in [-0.15, -0.1) is 11.3 Å². The summed E-state index contributed by atoms with van der Waals surface area (Å²) in [7, 11) is 0. The van der Waals surface area contributed by atoms with Crippen molar-refractivity contribution in [2.24, 2.45) is 5.92 Å². The topological polar surface area (TPSA) is 23.6 Å². The monoisotopic (exact) mass is 292 g/mol. The molecule has 2 heterocycles. The third-order valence-electron chi connectivity index (χ3n) is 4.76. The van der Waals surface area contributed by atoms with Crippen molar-refractivity contribution in [3.8, 4) is 0 Å². The second kappa shape index (κ2) is 6.27. The van der Waals surface area contributed by atoms with Crippen LogP contribution in [0.1, 0.15) is 42.3 Å². The molecule has 1 saturated carbocycles. The fourth-order valence-corrected chi connectivity index (χ4v) is 4.27. The molecule has 1 aromatic rings. The average molecular weight is 292 g/mol. The van der Waals surface area contributed by atoms with Gasteiger partial charge in [0, 0.05) is 32.2 Å². The predicted octanol–water partition coefficient (Wildman–Crippen LogP) is 3.08. The molecule has 0 bridgehead atoms. The summed E-state index contributed by atoms with van der Waals surface area (Å²) >= 11 is 1.55. The summed E-state index contributed by atoms with van der Waals surface area (Å²) in [5, 5.41) is 1.98. The van der Waals surface area contributed by atoms with E-state index in [1.54, 1.807) is 11.3 Å². The Morgan fingerprint density at radius 3 is 2.70 bits per heavy atom. The minimum Gasteiger partial charge on any atom is -0.335 e. The Morgan fingerprint density at radius 2 is 2.05 bits per heavy atom. The second-order valence-electron chi connectivity index (χ2n) is 6.23. The number of rotatable bonds is 2. The summed E-state index contributed by atoms with van der Waals surface area (Å²) in [5.74, 6) is 1.09. The van der Waals surface area contributed by atoms with E-state index >= 15 is 0 Å². The first-order chi connectivity index (χ1) is 9.74. The molecule has 1 amide bonds. The zero-order valence-electron chi connectivity index (χ0n) is 12.3. The Labute approximate surface area is 125 Å². The first kappa shape index (κ1) is 14.1. The van der Waals surface area contributed by atoms with Gasteiger partial charge in [-0.3, -0.25) is 9.69 Å². The molecule has 4 heteroatoms. The lowest BCUT2D eigenvalue weighted by Crippen LogP contribution is -2.52. The van der Waals surface area contributed by atoms with Gasteiger partial charge >= 0.3 is 0 Å². The number of piperazine rings is 1. The summed E-state index contributed by atoms with van der Waals surface area (Å²) in [6, 6.07) is 4.65. The minimum absolute atomic E-state index is 0.219. The molecule has 110 valence electrons. The molecular weight excluding hydrogens is 268 g/mol. The lowest BCUT2D eigenvalue weighted by molar-refractivity contribution is 0.0493. The highest BCUT2D eigenvalue weighted by Crippen LogP contribution is 2.28. The van der Waals surface area contributed by atoms with Gasteiger partial charge in [-0.2, -0.15) is 0 Å². The molecule has 0 spiro atoms. The van der Waals surface area contributed by atoms with E-state index in [2.05, 4.69) is 11.8 Å². The largest absolute Gasteiger partial charge is 0.335 e. The van der Waals surface area contributed by atoms with Crippen LogP contribution in [-0.4, -0.2) is 47.9 Å². The SMILES string of the molecule is C[C@H]1CCC[C@@H](N2CCN(C(=O)c3cccs3)CC2)C1. The Morgan fingerprint density at radius 1 is 1.25 bits per heavy atom. The van der Waals surface area contributed by atoms with E-state index in [4.69, 9.17) is 0 Å². The number of carbonyl (C=O) groups is 1. The van der Waals surface area contributed by atoms with Crippen LogP contribution in [0.25, 0.3) is 0 Å². The molecule has 1 aromatic heterocycles. The number of hydrogen-bond donors (Lipinski definition) is 0. The Balaban J connectivity index is 1.53. The molecule has 0 unspecified atom stereocenters. The van der Waals surface area contributed by atoms with Crippen LogP contribution in [0.2, 0.25) is 0 Å². The van der Waals surface area contributed by atoms with Crippen molar-refractivity contribution in [1.29, 1.82) is 0 Å². The number of thiophene rings is 1. The first-order valence-corrected chi connectivity index (χ1v) is 8.69. The van der Waals surface area contributed by atoms with Gasteiger partial charge in [0.25, 0.3) is 5.91 Å². The maximum Gasteiger partial charge on any atom is 0.264 e. The van der Waals surface area contributed by atoms with Gasteiger partial charge in [-0.25, -0.2) is 0 Å². The standard InChI is InChI=1S/C16H24N2OS/c1-13-4-2-5-14(12-13)17-7-9-18(10-8-17)16(19)15-6-3-11-20-15/h3,6,11,13-14H,2,4-5,7-10,12H2,1H3/t13-,14+/m0/s1. The van der Waals surface area contributed by atoms with Gasteiger partial charge in [0.1, 0.15) is 0 Å². The molecule has 2 aliphatic rings. The van der Waals surface area contributed by atoms with Crippen LogP contribution >= 0.6 is 11.3 Å². The van der Waals surface area contributed by atoms with Crippen molar-refractivity contribution in [3.63, 3.8) is 0 Å². The van der Waals surface area contributed by atoms with E-state index in [0.717, 1.165) is 43.0 Å². The lowest BCUT2D eigenvalue weighted by atomic mass is 9.86. The average Bonchev–Trinajstić information content (AvgIpc) is 3.01. The van der Waals surface area contributed by atoms with Gasteiger partial charge < -0.3 is 4.90 Å². The van der Waals surface area contributed by atoms with E-state index in [1.807, 2.05) is 22.4 Å². The van der Waals surface area contributed by atoms with Gasteiger partial charge in [-0.05, 0) is 30.2 Å². The highest BCUT2D eigenvalue weighted by atomic mass is 32.1. The van der Waals surface area contributed by atoms with Crippen LogP contribution in [-0.2, 0) is 0 Å². The van der Waals surface area contributed by atoms with E-state index in [1.165, 1.54) is 25.7 Å². The fourth-order valence-electron chi connectivity index (χ4n) is 3.58. The molecule has 1 aliphatic heterocycles. The van der Waals surface area contributed by atoms with Gasteiger partial charge in [-0.1, -0.05) is 25.8 Å². The Kier molecular flexibility index (Phi) is 4.41. The molecule has 2 atom stereocenters. The zero-order valence-corrected chi connectivity index (χ0v) is 13.1.